The van der Waals surface area contributed by atoms with Gasteiger partial charge in [-0.3, -0.25) is 4.79 Å². The van der Waals surface area contributed by atoms with Crippen molar-refractivity contribution in [2.45, 2.75) is 32.7 Å². The summed E-state index contributed by atoms with van der Waals surface area (Å²) in [6, 6.07) is 4.24. The molecule has 2 N–H and O–H groups in total. The van der Waals surface area contributed by atoms with Crippen molar-refractivity contribution in [3.8, 4) is 0 Å². The van der Waals surface area contributed by atoms with E-state index in [0.29, 0.717) is 16.7 Å². The molecule has 0 spiro atoms. The number of hydrogen-bond acceptors (Lipinski definition) is 2. The van der Waals surface area contributed by atoms with Crippen molar-refractivity contribution in [1.82, 2.24) is 5.32 Å². The normalized spacial score (nSPS) is 12.0. The van der Waals surface area contributed by atoms with E-state index in [-0.39, 0.29) is 11.7 Å². The summed E-state index contributed by atoms with van der Waals surface area (Å²) in [6.07, 6.45) is 1.98. The number of unbranched alkanes of at least 4 members (excludes halogenated alkanes) is 1. The van der Waals surface area contributed by atoms with Crippen molar-refractivity contribution in [2.24, 2.45) is 0 Å². The van der Waals surface area contributed by atoms with Crippen molar-refractivity contribution < 1.29 is 9.18 Å². The largest absolute Gasteiger partial charge is 0.372 e. The van der Waals surface area contributed by atoms with Crippen molar-refractivity contribution in [3.63, 3.8) is 0 Å². The molecule has 0 bridgehead atoms. The summed E-state index contributed by atoms with van der Waals surface area (Å²) < 4.78 is 14.2. The molecule has 5 heteroatoms. The lowest BCUT2D eigenvalue weighted by molar-refractivity contribution is -0.121. The smallest absolute Gasteiger partial charge is 0.242 e. The van der Waals surface area contributed by atoms with Crippen LogP contribution < -0.4 is 10.6 Å². The number of anilines is 1. The first-order valence-electron chi connectivity index (χ1n) is 6.04. The van der Waals surface area contributed by atoms with Gasteiger partial charge in [0, 0.05) is 11.0 Å². The Hall–Kier alpha value is -1.10. The number of amides is 1. The second-order valence-electron chi connectivity index (χ2n) is 4.13. The lowest BCUT2D eigenvalue weighted by atomic mass is 10.2. The van der Waals surface area contributed by atoms with Crippen molar-refractivity contribution in [2.75, 3.05) is 11.9 Å². The first-order chi connectivity index (χ1) is 8.54. The van der Waals surface area contributed by atoms with Gasteiger partial charge in [0.2, 0.25) is 5.91 Å². The van der Waals surface area contributed by atoms with Gasteiger partial charge < -0.3 is 10.6 Å². The number of benzene rings is 1. The molecule has 100 valence electrons. The first-order valence-corrected chi connectivity index (χ1v) is 6.83. The molecule has 0 aromatic heterocycles. The van der Waals surface area contributed by atoms with Crippen LogP contribution in [-0.2, 0) is 4.79 Å². The molecule has 0 radical (unpaired) electrons. The molecule has 0 aliphatic heterocycles. The standard InChI is InChI=1S/C13H18BrFN2O/c1-3-4-7-16-13(18)9(2)17-12-6-5-10(14)8-11(12)15/h5-6,8-9,17H,3-4,7H2,1-2H3,(H,16,18). The summed E-state index contributed by atoms with van der Waals surface area (Å²) in [5, 5.41) is 5.66. The lowest BCUT2D eigenvalue weighted by Gasteiger charge is -2.15. The predicted octanol–water partition coefficient (Wildman–Crippen LogP) is 3.30. The van der Waals surface area contributed by atoms with E-state index in [1.807, 2.05) is 0 Å². The zero-order valence-electron chi connectivity index (χ0n) is 10.6. The van der Waals surface area contributed by atoms with E-state index in [1.54, 1.807) is 19.1 Å². The summed E-state index contributed by atoms with van der Waals surface area (Å²) in [7, 11) is 0. The highest BCUT2D eigenvalue weighted by Gasteiger charge is 2.13. The van der Waals surface area contributed by atoms with Gasteiger partial charge in [0.15, 0.2) is 0 Å². The summed E-state index contributed by atoms with van der Waals surface area (Å²) in [5.74, 6) is -0.497. The molecule has 18 heavy (non-hydrogen) atoms. The van der Waals surface area contributed by atoms with Crippen LogP contribution in [0, 0.1) is 5.82 Å². The SMILES string of the molecule is CCCCNC(=O)C(C)Nc1ccc(Br)cc1F. The van der Waals surface area contributed by atoms with Crippen molar-refractivity contribution in [3.05, 3.63) is 28.5 Å². The summed E-state index contributed by atoms with van der Waals surface area (Å²) >= 11 is 3.19. The van der Waals surface area contributed by atoms with Crippen LogP contribution in [-0.4, -0.2) is 18.5 Å². The number of nitrogens with one attached hydrogen (secondary N) is 2. The Morgan fingerprint density at radius 1 is 1.50 bits per heavy atom. The second kappa shape index (κ2) is 7.36. The lowest BCUT2D eigenvalue weighted by Crippen LogP contribution is -2.38. The van der Waals surface area contributed by atoms with Crippen LogP contribution in [0.4, 0.5) is 10.1 Å². The molecular formula is C13H18BrFN2O. The van der Waals surface area contributed by atoms with E-state index < -0.39 is 6.04 Å². The van der Waals surface area contributed by atoms with E-state index >= 15 is 0 Å². The number of carbonyl (C=O) groups excluding carboxylic acids is 1. The molecule has 1 aromatic rings. The van der Waals surface area contributed by atoms with Gasteiger partial charge in [-0.25, -0.2) is 4.39 Å². The fourth-order valence-electron chi connectivity index (χ4n) is 1.45. The van der Waals surface area contributed by atoms with Gasteiger partial charge in [-0.1, -0.05) is 29.3 Å². The fourth-order valence-corrected chi connectivity index (χ4v) is 1.78. The Bertz CT molecular complexity index is 412. The molecule has 3 nitrogen and oxygen atoms in total. The van der Waals surface area contributed by atoms with Crippen LogP contribution in [0.25, 0.3) is 0 Å². The third-order valence-electron chi connectivity index (χ3n) is 2.53. The van der Waals surface area contributed by atoms with Gasteiger partial charge in [-0.05, 0) is 31.5 Å². The molecule has 0 aliphatic rings. The maximum atomic E-state index is 13.6. The molecule has 1 rings (SSSR count). The zero-order chi connectivity index (χ0) is 13.5. The zero-order valence-corrected chi connectivity index (χ0v) is 12.2. The van der Waals surface area contributed by atoms with Crippen LogP contribution in [0.5, 0.6) is 0 Å². The van der Waals surface area contributed by atoms with Crippen LogP contribution in [0.2, 0.25) is 0 Å². The highest BCUT2D eigenvalue weighted by atomic mass is 79.9. The minimum Gasteiger partial charge on any atom is -0.372 e. The molecule has 1 aromatic carbocycles. The third-order valence-corrected chi connectivity index (χ3v) is 3.02. The number of halogens is 2. The molecule has 1 unspecified atom stereocenters. The van der Waals surface area contributed by atoms with Gasteiger partial charge in [0.25, 0.3) is 0 Å². The first kappa shape index (κ1) is 15.0. The average molecular weight is 317 g/mol. The van der Waals surface area contributed by atoms with Crippen LogP contribution >= 0.6 is 15.9 Å². The average Bonchev–Trinajstić information content (AvgIpc) is 2.32. The van der Waals surface area contributed by atoms with Crippen LogP contribution in [0.3, 0.4) is 0 Å². The molecule has 0 heterocycles. The Morgan fingerprint density at radius 3 is 2.83 bits per heavy atom. The van der Waals surface area contributed by atoms with E-state index in [1.165, 1.54) is 6.07 Å². The monoisotopic (exact) mass is 316 g/mol. The minimum atomic E-state index is -0.461. The van der Waals surface area contributed by atoms with Gasteiger partial charge in [0.05, 0.1) is 5.69 Å². The number of rotatable bonds is 6. The molecule has 0 saturated carbocycles. The maximum Gasteiger partial charge on any atom is 0.242 e. The quantitative estimate of drug-likeness (QED) is 0.791. The highest BCUT2D eigenvalue weighted by Crippen LogP contribution is 2.19. The van der Waals surface area contributed by atoms with E-state index in [2.05, 4.69) is 33.5 Å². The number of hydrogen-bond donors (Lipinski definition) is 2. The fraction of sp³-hybridized carbons (Fsp3) is 0.462. The van der Waals surface area contributed by atoms with Crippen molar-refractivity contribution in [1.29, 1.82) is 0 Å². The van der Waals surface area contributed by atoms with Gasteiger partial charge >= 0.3 is 0 Å². The summed E-state index contributed by atoms with van der Waals surface area (Å²) in [4.78, 5) is 11.7. The topological polar surface area (TPSA) is 41.1 Å². The molecular weight excluding hydrogens is 299 g/mol. The predicted molar refractivity (Wildman–Crippen MR) is 75.1 cm³/mol. The Balaban J connectivity index is 2.53. The maximum absolute atomic E-state index is 13.6. The molecule has 0 saturated heterocycles. The Labute approximate surface area is 115 Å². The highest BCUT2D eigenvalue weighted by molar-refractivity contribution is 9.10. The van der Waals surface area contributed by atoms with E-state index in [4.69, 9.17) is 0 Å². The summed E-state index contributed by atoms with van der Waals surface area (Å²) in [5.41, 5.74) is 0.330. The molecule has 0 fully saturated rings. The Kier molecular flexibility index (Phi) is 6.12. The molecule has 1 atom stereocenters. The van der Waals surface area contributed by atoms with Gasteiger partial charge in [-0.15, -0.1) is 0 Å². The molecule has 1 amide bonds. The van der Waals surface area contributed by atoms with E-state index in [9.17, 15) is 9.18 Å². The van der Waals surface area contributed by atoms with Crippen LogP contribution in [0.15, 0.2) is 22.7 Å². The summed E-state index contributed by atoms with van der Waals surface area (Å²) in [6.45, 7) is 4.43. The second-order valence-corrected chi connectivity index (χ2v) is 5.05. The van der Waals surface area contributed by atoms with Crippen LogP contribution in [0.1, 0.15) is 26.7 Å². The van der Waals surface area contributed by atoms with Crippen molar-refractivity contribution >= 4 is 27.5 Å². The van der Waals surface area contributed by atoms with Gasteiger partial charge in [-0.2, -0.15) is 0 Å². The minimum absolute atomic E-state index is 0.120. The Morgan fingerprint density at radius 2 is 2.22 bits per heavy atom. The third kappa shape index (κ3) is 4.64. The molecule has 0 aliphatic carbocycles. The van der Waals surface area contributed by atoms with E-state index in [0.717, 1.165) is 12.8 Å². The number of carbonyl (C=O) groups is 1. The van der Waals surface area contributed by atoms with Gasteiger partial charge in [0.1, 0.15) is 11.9 Å².